The summed E-state index contributed by atoms with van der Waals surface area (Å²) in [5.74, 6) is 0. The van der Waals surface area contributed by atoms with Gasteiger partial charge in [0.1, 0.15) is 0 Å². The van der Waals surface area contributed by atoms with Crippen molar-refractivity contribution in [1.82, 2.24) is 0 Å². The molecule has 0 unspecified atom stereocenters. The van der Waals surface area contributed by atoms with Gasteiger partial charge in [0.25, 0.3) is 0 Å². The van der Waals surface area contributed by atoms with Crippen LogP contribution in [0.25, 0.3) is 0 Å². The van der Waals surface area contributed by atoms with Gasteiger partial charge in [0, 0.05) is 0 Å². The summed E-state index contributed by atoms with van der Waals surface area (Å²) in [7, 11) is -0.469. The van der Waals surface area contributed by atoms with Crippen LogP contribution in [0.5, 0.6) is 0 Å². The highest BCUT2D eigenvalue weighted by atomic mass is 32.3. The summed E-state index contributed by atoms with van der Waals surface area (Å²) in [5.41, 5.74) is 2.94. The lowest BCUT2D eigenvalue weighted by Gasteiger charge is -2.17. The Morgan fingerprint density at radius 3 is 1.44 bits per heavy atom. The minimum Gasteiger partial charge on any atom is -0.206 e. The Morgan fingerprint density at radius 2 is 1.33 bits per heavy atom. The molecule has 0 aromatic carbocycles. The quantitative estimate of drug-likeness (QED) is 0.488. The van der Waals surface area contributed by atoms with E-state index in [9.17, 15) is 0 Å². The normalized spacial score (nSPS) is 27.1. The van der Waals surface area contributed by atoms with E-state index in [4.69, 9.17) is 0 Å². The molecule has 0 fully saturated rings. The Morgan fingerprint density at radius 1 is 1.00 bits per heavy atom. The molecular weight excluding hydrogens is 128 g/mol. The molecule has 1 rings (SSSR count). The summed E-state index contributed by atoms with van der Waals surface area (Å²) >= 11 is 0. The molecule has 1 heterocycles. The van der Waals surface area contributed by atoms with Crippen molar-refractivity contribution in [3.8, 4) is 0 Å². The summed E-state index contributed by atoms with van der Waals surface area (Å²) in [6.45, 7) is 4.38. The molecule has 1 heteroatoms. The van der Waals surface area contributed by atoms with Crippen molar-refractivity contribution in [2.45, 2.75) is 13.8 Å². The summed E-state index contributed by atoms with van der Waals surface area (Å²) < 4.78 is 0. The van der Waals surface area contributed by atoms with Crippen molar-refractivity contribution in [2.24, 2.45) is 0 Å². The zero-order valence-corrected chi connectivity index (χ0v) is 7.38. The summed E-state index contributed by atoms with van der Waals surface area (Å²) in [6, 6.07) is 0. The first-order valence-corrected chi connectivity index (χ1v) is 5.69. The molecule has 1 aliphatic heterocycles. The maximum absolute atomic E-state index is 2.39. The van der Waals surface area contributed by atoms with Gasteiger partial charge in [-0.25, -0.2) is 10.0 Å². The highest BCUT2D eigenvalue weighted by Gasteiger charge is 2.12. The van der Waals surface area contributed by atoms with E-state index in [0.717, 1.165) is 0 Å². The molecule has 0 N–H and O–H groups in total. The first kappa shape index (κ1) is 6.94. The van der Waals surface area contributed by atoms with Crippen LogP contribution in [-0.4, -0.2) is 12.5 Å². The van der Waals surface area contributed by atoms with Gasteiger partial charge in [-0.2, -0.15) is 0 Å². The van der Waals surface area contributed by atoms with Crippen molar-refractivity contribution in [2.75, 3.05) is 12.5 Å². The van der Waals surface area contributed by atoms with Crippen LogP contribution >= 0.6 is 10.0 Å². The SMILES string of the molecule is CC1=CS(C)(C)C=C1C. The molecule has 9 heavy (non-hydrogen) atoms. The van der Waals surface area contributed by atoms with E-state index in [1.807, 2.05) is 0 Å². The molecule has 0 nitrogen and oxygen atoms in total. The van der Waals surface area contributed by atoms with E-state index in [-0.39, 0.29) is 0 Å². The standard InChI is InChI=1S/C8H14S/c1-7-5-9(3,4)6-8(7)2/h5-6H,1-4H3. The second-order valence-electron chi connectivity index (χ2n) is 3.09. The molecule has 0 aromatic heterocycles. The Hall–Kier alpha value is -0.170. The summed E-state index contributed by atoms with van der Waals surface area (Å²) in [4.78, 5) is 0. The molecule has 0 bridgehead atoms. The van der Waals surface area contributed by atoms with E-state index in [1.165, 1.54) is 11.1 Å². The Bertz CT molecular complexity index is 165. The lowest BCUT2D eigenvalue weighted by Crippen LogP contribution is -1.78. The Labute approximate surface area is 59.0 Å². The van der Waals surface area contributed by atoms with Crippen LogP contribution in [0, 0.1) is 0 Å². The van der Waals surface area contributed by atoms with Gasteiger partial charge in [-0.05, 0) is 48.3 Å². The number of hydrogen-bond donors (Lipinski definition) is 0. The lowest BCUT2D eigenvalue weighted by molar-refractivity contribution is 1.39. The average molecular weight is 142 g/mol. The minimum absolute atomic E-state index is 0.469. The molecule has 0 spiro atoms. The van der Waals surface area contributed by atoms with E-state index in [0.29, 0.717) is 0 Å². The van der Waals surface area contributed by atoms with Gasteiger partial charge in [0.15, 0.2) is 0 Å². The number of allylic oxidation sites excluding steroid dienone is 2. The molecule has 0 aliphatic carbocycles. The number of rotatable bonds is 0. The van der Waals surface area contributed by atoms with Gasteiger partial charge in [-0.1, -0.05) is 0 Å². The lowest BCUT2D eigenvalue weighted by atomic mass is 10.2. The second-order valence-corrected chi connectivity index (χ2v) is 6.53. The molecule has 0 radical (unpaired) electrons. The fraction of sp³-hybridized carbons (Fsp3) is 0.500. The predicted octanol–water partition coefficient (Wildman–Crippen LogP) is 2.87. The molecule has 52 valence electrons. The smallest absolute Gasteiger partial charge is 0.0278 e. The fourth-order valence-corrected chi connectivity index (χ4v) is 3.39. The van der Waals surface area contributed by atoms with Crippen molar-refractivity contribution in [1.29, 1.82) is 0 Å². The zero-order chi connectivity index (χ0) is 7.07. The fourth-order valence-electron chi connectivity index (χ4n) is 1.13. The van der Waals surface area contributed by atoms with Gasteiger partial charge in [-0.15, -0.1) is 0 Å². The summed E-state index contributed by atoms with van der Waals surface area (Å²) in [6.07, 6.45) is 4.62. The van der Waals surface area contributed by atoms with Crippen molar-refractivity contribution < 1.29 is 0 Å². The van der Waals surface area contributed by atoms with Crippen LogP contribution in [0.4, 0.5) is 0 Å². The summed E-state index contributed by atoms with van der Waals surface area (Å²) in [5, 5.41) is 4.78. The van der Waals surface area contributed by atoms with E-state index in [2.05, 4.69) is 37.2 Å². The Kier molecular flexibility index (Phi) is 1.47. The monoisotopic (exact) mass is 142 g/mol. The van der Waals surface area contributed by atoms with E-state index < -0.39 is 10.0 Å². The van der Waals surface area contributed by atoms with Crippen molar-refractivity contribution in [3.63, 3.8) is 0 Å². The third-order valence-electron chi connectivity index (χ3n) is 1.58. The Balaban J connectivity index is 2.96. The van der Waals surface area contributed by atoms with Crippen molar-refractivity contribution >= 4 is 10.0 Å². The largest absolute Gasteiger partial charge is 0.206 e. The predicted molar refractivity (Wildman–Crippen MR) is 47.0 cm³/mol. The molecule has 0 aromatic rings. The van der Waals surface area contributed by atoms with Crippen LogP contribution in [0.3, 0.4) is 0 Å². The maximum Gasteiger partial charge on any atom is -0.0278 e. The molecule has 0 saturated heterocycles. The van der Waals surface area contributed by atoms with Crippen LogP contribution in [0.2, 0.25) is 0 Å². The van der Waals surface area contributed by atoms with Crippen LogP contribution in [0.1, 0.15) is 13.8 Å². The van der Waals surface area contributed by atoms with Crippen LogP contribution in [-0.2, 0) is 0 Å². The van der Waals surface area contributed by atoms with Gasteiger partial charge in [0.2, 0.25) is 0 Å². The topological polar surface area (TPSA) is 0 Å². The maximum atomic E-state index is 2.39. The van der Waals surface area contributed by atoms with Gasteiger partial charge in [0.05, 0.1) is 0 Å². The molecule has 0 saturated carbocycles. The van der Waals surface area contributed by atoms with E-state index >= 15 is 0 Å². The van der Waals surface area contributed by atoms with Gasteiger partial charge >= 0.3 is 0 Å². The van der Waals surface area contributed by atoms with Crippen LogP contribution < -0.4 is 0 Å². The van der Waals surface area contributed by atoms with Gasteiger partial charge in [-0.3, -0.25) is 0 Å². The molecule has 0 amide bonds. The first-order valence-electron chi connectivity index (χ1n) is 3.12. The van der Waals surface area contributed by atoms with E-state index in [1.54, 1.807) is 0 Å². The third-order valence-corrected chi connectivity index (χ3v) is 3.51. The van der Waals surface area contributed by atoms with Crippen molar-refractivity contribution in [3.05, 3.63) is 22.0 Å². The second kappa shape index (κ2) is 1.91. The highest BCUT2D eigenvalue weighted by molar-refractivity contribution is 8.37. The average Bonchev–Trinajstić information content (AvgIpc) is 1.79. The van der Waals surface area contributed by atoms with Gasteiger partial charge < -0.3 is 0 Å². The number of hydrogen-bond acceptors (Lipinski definition) is 0. The minimum atomic E-state index is -0.469. The highest BCUT2D eigenvalue weighted by Crippen LogP contribution is 2.50. The molecule has 1 aliphatic rings. The zero-order valence-electron chi connectivity index (χ0n) is 6.56. The first-order chi connectivity index (χ1) is 4.01. The molecular formula is C8H14S. The molecule has 0 atom stereocenters. The third kappa shape index (κ3) is 1.39. The van der Waals surface area contributed by atoms with Crippen LogP contribution in [0.15, 0.2) is 22.0 Å².